The van der Waals surface area contributed by atoms with Crippen LogP contribution < -0.4 is 5.32 Å². The second kappa shape index (κ2) is 6.55. The van der Waals surface area contributed by atoms with E-state index in [1.165, 1.54) is 0 Å². The van der Waals surface area contributed by atoms with E-state index in [0.29, 0.717) is 0 Å². The molecule has 6 nitrogen and oxygen atoms in total. The highest BCUT2D eigenvalue weighted by atomic mass is 32.1. The van der Waals surface area contributed by atoms with Crippen LogP contribution in [0.4, 0.5) is 0 Å². The summed E-state index contributed by atoms with van der Waals surface area (Å²) in [6, 6.07) is 5.86. The lowest BCUT2D eigenvalue weighted by atomic mass is 10.3. The van der Waals surface area contributed by atoms with Gasteiger partial charge in [0.1, 0.15) is 17.2 Å². The van der Waals surface area contributed by atoms with E-state index in [9.17, 15) is 0 Å². The molecule has 3 aromatic rings. The quantitative estimate of drug-likeness (QED) is 0.701. The molecule has 0 fully saturated rings. The molecular weight excluding hydrogens is 284 g/mol. The molecule has 21 heavy (non-hydrogen) atoms. The molecule has 0 saturated carbocycles. The zero-order valence-corrected chi connectivity index (χ0v) is 12.5. The first-order valence-corrected chi connectivity index (χ1v) is 7.60. The van der Waals surface area contributed by atoms with Crippen LogP contribution in [0.2, 0.25) is 0 Å². The van der Waals surface area contributed by atoms with Crippen molar-refractivity contribution in [2.45, 2.75) is 13.0 Å². The first-order chi connectivity index (χ1) is 10.3. The van der Waals surface area contributed by atoms with Crippen LogP contribution in [0.3, 0.4) is 0 Å². The molecule has 0 saturated heterocycles. The van der Waals surface area contributed by atoms with Gasteiger partial charge in [0, 0.05) is 38.1 Å². The monoisotopic (exact) mass is 300 g/mol. The molecule has 1 N–H and O–H groups in total. The van der Waals surface area contributed by atoms with Gasteiger partial charge in [-0.1, -0.05) is 6.07 Å². The Bertz CT molecular complexity index is 690. The van der Waals surface area contributed by atoms with Crippen LogP contribution in [-0.4, -0.2) is 31.3 Å². The van der Waals surface area contributed by atoms with Crippen molar-refractivity contribution in [3.8, 4) is 10.7 Å². The molecule has 0 aliphatic carbocycles. The number of pyridine rings is 1. The van der Waals surface area contributed by atoms with E-state index in [1.807, 2.05) is 29.8 Å². The van der Waals surface area contributed by atoms with Crippen molar-refractivity contribution in [3.05, 3.63) is 47.6 Å². The molecule has 7 heteroatoms. The Labute approximate surface area is 126 Å². The van der Waals surface area contributed by atoms with Gasteiger partial charge >= 0.3 is 0 Å². The second-order valence-electron chi connectivity index (χ2n) is 4.64. The average molecular weight is 300 g/mol. The lowest BCUT2D eigenvalue weighted by Crippen LogP contribution is -2.18. The van der Waals surface area contributed by atoms with E-state index in [-0.39, 0.29) is 0 Å². The molecule has 0 spiro atoms. The summed E-state index contributed by atoms with van der Waals surface area (Å²) in [5.74, 6) is 0.981. The molecule has 0 aliphatic rings. The van der Waals surface area contributed by atoms with Crippen LogP contribution in [0, 0.1) is 0 Å². The molecule has 108 valence electrons. The van der Waals surface area contributed by atoms with Gasteiger partial charge in [-0.25, -0.2) is 4.98 Å². The molecule has 0 bridgehead atoms. The molecule has 0 atom stereocenters. The largest absolute Gasteiger partial charge is 0.321 e. The molecule has 0 amide bonds. The van der Waals surface area contributed by atoms with Crippen LogP contribution in [0.25, 0.3) is 10.7 Å². The summed E-state index contributed by atoms with van der Waals surface area (Å²) in [5.41, 5.74) is 1.96. The van der Waals surface area contributed by atoms with E-state index in [2.05, 4.69) is 30.9 Å². The van der Waals surface area contributed by atoms with Crippen molar-refractivity contribution in [1.82, 2.24) is 30.0 Å². The summed E-state index contributed by atoms with van der Waals surface area (Å²) in [6.45, 7) is 1.60. The maximum atomic E-state index is 4.59. The maximum absolute atomic E-state index is 4.59. The third-order valence-corrected chi connectivity index (χ3v) is 3.99. The number of aryl methyl sites for hydroxylation is 1. The molecule has 0 unspecified atom stereocenters. The third-order valence-electron chi connectivity index (χ3n) is 3.07. The topological polar surface area (TPSA) is 68.5 Å². The Balaban J connectivity index is 1.50. The van der Waals surface area contributed by atoms with E-state index >= 15 is 0 Å². The van der Waals surface area contributed by atoms with Gasteiger partial charge in [0.2, 0.25) is 0 Å². The van der Waals surface area contributed by atoms with E-state index < -0.39 is 0 Å². The van der Waals surface area contributed by atoms with Gasteiger partial charge in [-0.05, 0) is 12.1 Å². The van der Waals surface area contributed by atoms with Gasteiger partial charge in [0.05, 0.1) is 11.4 Å². The van der Waals surface area contributed by atoms with Gasteiger partial charge in [-0.15, -0.1) is 21.5 Å². The standard InChI is InChI=1S/C14H16N6S/c1-20-10-17-19-13(20)5-7-15-8-11-9-21-14(18-11)12-4-2-3-6-16-12/h2-4,6,9-10,15H,5,7-8H2,1H3. The highest BCUT2D eigenvalue weighted by molar-refractivity contribution is 7.13. The fraction of sp³-hybridized carbons (Fsp3) is 0.286. The predicted octanol–water partition coefficient (Wildman–Crippen LogP) is 1.67. The summed E-state index contributed by atoms with van der Waals surface area (Å²) < 4.78 is 1.93. The molecule has 3 rings (SSSR count). The van der Waals surface area contributed by atoms with Crippen LogP contribution in [0.15, 0.2) is 36.1 Å². The Morgan fingerprint density at radius 3 is 3.05 bits per heavy atom. The first-order valence-electron chi connectivity index (χ1n) is 6.72. The lowest BCUT2D eigenvalue weighted by Gasteiger charge is -2.02. The van der Waals surface area contributed by atoms with Crippen molar-refractivity contribution in [3.63, 3.8) is 0 Å². The number of hydrogen-bond acceptors (Lipinski definition) is 6. The van der Waals surface area contributed by atoms with Crippen LogP contribution in [0.5, 0.6) is 0 Å². The van der Waals surface area contributed by atoms with Gasteiger partial charge in [0.15, 0.2) is 0 Å². The maximum Gasteiger partial charge on any atom is 0.142 e. The number of nitrogens with one attached hydrogen (secondary N) is 1. The summed E-state index contributed by atoms with van der Waals surface area (Å²) in [5, 5.41) is 14.3. The lowest BCUT2D eigenvalue weighted by molar-refractivity contribution is 0.647. The minimum atomic E-state index is 0.751. The van der Waals surface area contributed by atoms with Crippen LogP contribution in [0.1, 0.15) is 11.5 Å². The molecule has 3 heterocycles. The summed E-state index contributed by atoms with van der Waals surface area (Å²) in [6.07, 6.45) is 4.36. The molecule has 0 aliphatic heterocycles. The zero-order chi connectivity index (χ0) is 14.5. The average Bonchev–Trinajstić information content (AvgIpc) is 3.14. The van der Waals surface area contributed by atoms with E-state index in [4.69, 9.17) is 0 Å². The van der Waals surface area contributed by atoms with E-state index in [0.717, 1.165) is 41.7 Å². The number of aromatic nitrogens is 5. The van der Waals surface area contributed by atoms with Crippen molar-refractivity contribution in [1.29, 1.82) is 0 Å². The first kappa shape index (κ1) is 13.8. The smallest absolute Gasteiger partial charge is 0.142 e. The third kappa shape index (κ3) is 3.50. The Kier molecular flexibility index (Phi) is 4.32. The highest BCUT2D eigenvalue weighted by Crippen LogP contribution is 2.21. The van der Waals surface area contributed by atoms with Gasteiger partial charge in [0.25, 0.3) is 0 Å². The van der Waals surface area contributed by atoms with Crippen molar-refractivity contribution in [2.24, 2.45) is 7.05 Å². The SMILES string of the molecule is Cn1cnnc1CCNCc1csc(-c2ccccn2)n1. The highest BCUT2D eigenvalue weighted by Gasteiger charge is 2.05. The van der Waals surface area contributed by atoms with E-state index in [1.54, 1.807) is 23.9 Å². The van der Waals surface area contributed by atoms with Gasteiger partial charge in [-0.3, -0.25) is 4.98 Å². The Hall–Kier alpha value is -2.12. The minimum Gasteiger partial charge on any atom is -0.321 e. The number of nitrogens with zero attached hydrogens (tertiary/aromatic N) is 5. The van der Waals surface area contributed by atoms with Crippen molar-refractivity contribution >= 4 is 11.3 Å². The minimum absolute atomic E-state index is 0.751. The summed E-state index contributed by atoms with van der Waals surface area (Å²) in [7, 11) is 1.95. The van der Waals surface area contributed by atoms with Gasteiger partial charge < -0.3 is 9.88 Å². The number of rotatable bonds is 6. The fourth-order valence-corrected chi connectivity index (χ4v) is 2.74. The summed E-state index contributed by atoms with van der Waals surface area (Å²) in [4.78, 5) is 8.90. The van der Waals surface area contributed by atoms with Crippen LogP contribution >= 0.6 is 11.3 Å². The number of thiazole rings is 1. The van der Waals surface area contributed by atoms with Crippen molar-refractivity contribution < 1.29 is 0 Å². The Morgan fingerprint density at radius 2 is 2.29 bits per heavy atom. The zero-order valence-electron chi connectivity index (χ0n) is 11.7. The second-order valence-corrected chi connectivity index (χ2v) is 5.50. The fourth-order valence-electron chi connectivity index (χ4n) is 1.95. The molecular formula is C14H16N6S. The molecule has 3 aromatic heterocycles. The Morgan fingerprint density at radius 1 is 1.33 bits per heavy atom. The normalized spacial score (nSPS) is 10.9. The van der Waals surface area contributed by atoms with Crippen LogP contribution in [-0.2, 0) is 20.0 Å². The predicted molar refractivity (Wildman–Crippen MR) is 81.8 cm³/mol. The van der Waals surface area contributed by atoms with Crippen molar-refractivity contribution in [2.75, 3.05) is 6.54 Å². The summed E-state index contributed by atoms with van der Waals surface area (Å²) >= 11 is 1.62. The van der Waals surface area contributed by atoms with Gasteiger partial charge in [-0.2, -0.15) is 0 Å². The molecule has 0 aromatic carbocycles. The number of hydrogen-bond donors (Lipinski definition) is 1. The molecule has 0 radical (unpaired) electrons.